The minimum Gasteiger partial charge on any atom is -0.350 e. The molecule has 0 saturated carbocycles. The van der Waals surface area contributed by atoms with Crippen molar-refractivity contribution in [1.82, 2.24) is 5.32 Å². The van der Waals surface area contributed by atoms with E-state index >= 15 is 0 Å². The fourth-order valence-electron chi connectivity index (χ4n) is 3.83. The molecule has 2 aromatic rings. The molecule has 3 rings (SSSR count). The van der Waals surface area contributed by atoms with Gasteiger partial charge >= 0.3 is 0 Å². The summed E-state index contributed by atoms with van der Waals surface area (Å²) in [6, 6.07) is 16.6. The fraction of sp³-hybridized carbons (Fsp3) is 0.455. The van der Waals surface area contributed by atoms with Gasteiger partial charge < -0.3 is 10.2 Å². The van der Waals surface area contributed by atoms with Gasteiger partial charge in [0.2, 0.25) is 0 Å². The maximum absolute atomic E-state index is 12.7. The standard InChI is InChI=1S/C22H30N4O/c1-3-19(20-9-5-4-6-10-20)17-24-22(27)18(2)25-13-15-26(16-14-25)21-11-7-8-12-23-21/h4-12,18-19H,3,13-17H2,1-2H3,(H,24,27)/p+2/t18-,19-/m0/s1. The van der Waals surface area contributed by atoms with Gasteiger partial charge in [0.1, 0.15) is 26.2 Å². The molecule has 1 aromatic carbocycles. The number of rotatable bonds is 7. The lowest BCUT2D eigenvalue weighted by atomic mass is 9.96. The zero-order valence-electron chi connectivity index (χ0n) is 16.4. The van der Waals surface area contributed by atoms with Crippen molar-refractivity contribution in [3.05, 3.63) is 60.3 Å². The van der Waals surface area contributed by atoms with Crippen molar-refractivity contribution >= 4 is 11.7 Å². The Balaban J connectivity index is 1.48. The van der Waals surface area contributed by atoms with Gasteiger partial charge in [-0.15, -0.1) is 0 Å². The van der Waals surface area contributed by atoms with E-state index in [4.69, 9.17) is 0 Å². The van der Waals surface area contributed by atoms with Crippen molar-refractivity contribution in [2.45, 2.75) is 32.2 Å². The molecule has 0 aliphatic carbocycles. The van der Waals surface area contributed by atoms with Crippen LogP contribution in [-0.2, 0) is 4.79 Å². The van der Waals surface area contributed by atoms with Crippen molar-refractivity contribution in [3.63, 3.8) is 0 Å². The second-order valence-electron chi connectivity index (χ2n) is 7.38. The van der Waals surface area contributed by atoms with Crippen LogP contribution < -0.4 is 20.1 Å². The number of aromatic nitrogens is 1. The largest absolute Gasteiger partial charge is 0.350 e. The molecular formula is C22H32N4O+2. The predicted molar refractivity (Wildman–Crippen MR) is 108 cm³/mol. The molecule has 27 heavy (non-hydrogen) atoms. The molecule has 1 aromatic heterocycles. The highest BCUT2D eigenvalue weighted by atomic mass is 16.2. The van der Waals surface area contributed by atoms with E-state index in [0.717, 1.165) is 38.4 Å². The molecule has 0 bridgehead atoms. The third-order valence-corrected chi connectivity index (χ3v) is 5.73. The number of carbonyl (C=O) groups is 1. The number of nitrogens with zero attached hydrogens (tertiary/aromatic N) is 1. The molecule has 3 N–H and O–H groups in total. The summed E-state index contributed by atoms with van der Waals surface area (Å²) >= 11 is 0. The number of aromatic amines is 1. The zero-order valence-corrected chi connectivity index (χ0v) is 16.4. The summed E-state index contributed by atoms with van der Waals surface area (Å²) in [7, 11) is 0. The summed E-state index contributed by atoms with van der Waals surface area (Å²) in [5.74, 6) is 1.70. The molecule has 1 fully saturated rings. The molecule has 1 saturated heterocycles. The molecule has 1 aliphatic heterocycles. The van der Waals surface area contributed by atoms with Crippen molar-refractivity contribution in [1.29, 1.82) is 0 Å². The summed E-state index contributed by atoms with van der Waals surface area (Å²) in [5, 5.41) is 3.19. The number of anilines is 1. The molecule has 144 valence electrons. The van der Waals surface area contributed by atoms with E-state index in [9.17, 15) is 4.79 Å². The van der Waals surface area contributed by atoms with Gasteiger partial charge in [0.15, 0.2) is 6.04 Å². The maximum Gasteiger partial charge on any atom is 0.278 e. The predicted octanol–water partition coefficient (Wildman–Crippen LogP) is 0.904. The average Bonchev–Trinajstić information content (AvgIpc) is 2.75. The third-order valence-electron chi connectivity index (χ3n) is 5.73. The number of piperazine rings is 1. The molecule has 0 spiro atoms. The van der Waals surface area contributed by atoms with Gasteiger partial charge in [-0.05, 0) is 25.0 Å². The Morgan fingerprint density at radius 1 is 1.15 bits per heavy atom. The van der Waals surface area contributed by atoms with Crippen molar-refractivity contribution < 1.29 is 14.7 Å². The van der Waals surface area contributed by atoms with Crippen LogP contribution in [0, 0.1) is 0 Å². The SMILES string of the molecule is CC[C@@H](CNC(=O)[C@H](C)[NH+]1CCN(c2cccc[nH+]2)CC1)c1ccccc1. The van der Waals surface area contributed by atoms with E-state index < -0.39 is 0 Å². The van der Waals surface area contributed by atoms with E-state index in [1.807, 2.05) is 18.3 Å². The molecule has 5 heteroatoms. The molecule has 0 unspecified atom stereocenters. The average molecular weight is 369 g/mol. The first-order valence-corrected chi connectivity index (χ1v) is 10.1. The third kappa shape index (κ3) is 5.07. The van der Waals surface area contributed by atoms with Crippen LogP contribution in [0.15, 0.2) is 54.7 Å². The van der Waals surface area contributed by atoms with E-state index in [2.05, 4.69) is 65.4 Å². The van der Waals surface area contributed by atoms with Crippen LogP contribution in [0.25, 0.3) is 0 Å². The quantitative estimate of drug-likeness (QED) is 0.763. The topological polar surface area (TPSA) is 50.9 Å². The number of hydrogen-bond donors (Lipinski definition) is 2. The first kappa shape index (κ1) is 19.4. The minimum atomic E-state index is -0.0137. The highest BCUT2D eigenvalue weighted by Crippen LogP contribution is 2.17. The van der Waals surface area contributed by atoms with Crippen LogP contribution in [-0.4, -0.2) is 44.7 Å². The summed E-state index contributed by atoms with van der Waals surface area (Å²) in [4.78, 5) is 19.7. The van der Waals surface area contributed by atoms with Crippen LogP contribution in [0.1, 0.15) is 31.7 Å². The Labute approximate surface area is 162 Å². The molecule has 1 amide bonds. The maximum atomic E-state index is 12.7. The molecule has 5 nitrogen and oxygen atoms in total. The van der Waals surface area contributed by atoms with Gasteiger partial charge in [0.25, 0.3) is 11.7 Å². The van der Waals surface area contributed by atoms with Crippen molar-refractivity contribution in [2.75, 3.05) is 37.6 Å². The van der Waals surface area contributed by atoms with E-state index in [1.54, 1.807) is 0 Å². The van der Waals surface area contributed by atoms with E-state index in [0.29, 0.717) is 12.5 Å². The summed E-state index contributed by atoms with van der Waals surface area (Å²) in [6.45, 7) is 8.84. The minimum absolute atomic E-state index is 0.0137. The highest BCUT2D eigenvalue weighted by Gasteiger charge is 2.32. The van der Waals surface area contributed by atoms with Crippen molar-refractivity contribution in [3.8, 4) is 0 Å². The molecule has 0 radical (unpaired) electrons. The molecule has 2 heterocycles. The Hall–Kier alpha value is -2.40. The summed E-state index contributed by atoms with van der Waals surface area (Å²) in [6.07, 6.45) is 2.99. The zero-order chi connectivity index (χ0) is 19.1. The fourth-order valence-corrected chi connectivity index (χ4v) is 3.83. The Morgan fingerprint density at radius 2 is 1.85 bits per heavy atom. The normalized spacial score (nSPS) is 17.3. The first-order chi connectivity index (χ1) is 13.2. The van der Waals surface area contributed by atoms with Gasteiger partial charge in [0.05, 0.1) is 6.20 Å². The smallest absolute Gasteiger partial charge is 0.278 e. The van der Waals surface area contributed by atoms with Gasteiger partial charge in [-0.25, -0.2) is 4.98 Å². The van der Waals surface area contributed by atoms with Crippen LogP contribution in [0.2, 0.25) is 0 Å². The van der Waals surface area contributed by atoms with Crippen molar-refractivity contribution in [2.24, 2.45) is 0 Å². The Bertz CT molecular complexity index is 699. The summed E-state index contributed by atoms with van der Waals surface area (Å²) in [5.41, 5.74) is 1.30. The van der Waals surface area contributed by atoms with Gasteiger partial charge in [-0.3, -0.25) is 9.69 Å². The Morgan fingerprint density at radius 3 is 2.48 bits per heavy atom. The number of H-pyrrole nitrogens is 1. The number of benzene rings is 1. The monoisotopic (exact) mass is 368 g/mol. The molecule has 1 aliphatic rings. The lowest BCUT2D eigenvalue weighted by molar-refractivity contribution is -0.914. The lowest BCUT2D eigenvalue weighted by Gasteiger charge is -2.31. The van der Waals surface area contributed by atoms with Crippen LogP contribution in [0.5, 0.6) is 0 Å². The second kappa shape index (κ2) is 9.51. The molecule has 2 atom stereocenters. The van der Waals surface area contributed by atoms with Crippen LogP contribution >= 0.6 is 0 Å². The van der Waals surface area contributed by atoms with Gasteiger partial charge in [-0.1, -0.05) is 43.3 Å². The van der Waals surface area contributed by atoms with Gasteiger partial charge in [-0.2, -0.15) is 0 Å². The Kier molecular flexibility index (Phi) is 6.82. The van der Waals surface area contributed by atoms with Crippen LogP contribution in [0.4, 0.5) is 5.82 Å². The molecular weight excluding hydrogens is 336 g/mol. The highest BCUT2D eigenvalue weighted by molar-refractivity contribution is 5.80. The van der Waals surface area contributed by atoms with Gasteiger partial charge in [0, 0.05) is 18.5 Å². The first-order valence-electron chi connectivity index (χ1n) is 10.1. The lowest BCUT2D eigenvalue weighted by Crippen LogP contribution is -3.19. The number of pyridine rings is 1. The number of quaternary nitrogens is 1. The number of nitrogens with one attached hydrogen (secondary N) is 3. The number of hydrogen-bond acceptors (Lipinski definition) is 2. The second-order valence-corrected chi connectivity index (χ2v) is 7.38. The number of carbonyl (C=O) groups excluding carboxylic acids is 1. The summed E-state index contributed by atoms with van der Waals surface area (Å²) < 4.78 is 0. The van der Waals surface area contributed by atoms with E-state index in [1.165, 1.54) is 10.5 Å². The van der Waals surface area contributed by atoms with Crippen LogP contribution in [0.3, 0.4) is 0 Å². The number of amides is 1. The van der Waals surface area contributed by atoms with E-state index in [-0.39, 0.29) is 11.9 Å².